The second-order valence-corrected chi connectivity index (χ2v) is 3.50. The van der Waals surface area contributed by atoms with Gasteiger partial charge in [-0.2, -0.15) is 0 Å². The smallest absolute Gasteiger partial charge is 0.213 e. The van der Waals surface area contributed by atoms with Crippen LogP contribution in [0.4, 0.5) is 0 Å². The number of nitrogens with zero attached hydrogens (tertiary/aromatic N) is 1. The van der Waals surface area contributed by atoms with Crippen molar-refractivity contribution in [1.29, 1.82) is 0 Å². The lowest BCUT2D eigenvalue weighted by Crippen LogP contribution is -2.01. The van der Waals surface area contributed by atoms with Crippen LogP contribution in [0.15, 0.2) is 18.2 Å². The van der Waals surface area contributed by atoms with Crippen LogP contribution in [0.1, 0.15) is 44.7 Å². The van der Waals surface area contributed by atoms with Gasteiger partial charge in [0.25, 0.3) is 0 Å². The lowest BCUT2D eigenvalue weighted by Gasteiger charge is -2.13. The minimum Gasteiger partial charge on any atom is -0.481 e. The van der Waals surface area contributed by atoms with Crippen LogP contribution in [-0.4, -0.2) is 12.1 Å². The summed E-state index contributed by atoms with van der Waals surface area (Å²) in [6.45, 7) is 4.42. The van der Waals surface area contributed by atoms with Gasteiger partial charge in [-0.25, -0.2) is 4.98 Å². The van der Waals surface area contributed by atoms with Crippen molar-refractivity contribution in [3.8, 4) is 5.88 Å². The van der Waals surface area contributed by atoms with Crippen LogP contribution in [0.25, 0.3) is 0 Å². The monoisotopic (exact) mass is 193 g/mol. The molecule has 0 aliphatic carbocycles. The van der Waals surface area contributed by atoms with Gasteiger partial charge in [-0.1, -0.05) is 26.3 Å². The Morgan fingerprint density at radius 3 is 2.71 bits per heavy atom. The van der Waals surface area contributed by atoms with Gasteiger partial charge in [0.05, 0.1) is 7.11 Å². The minimum atomic E-state index is 0.579. The van der Waals surface area contributed by atoms with Crippen molar-refractivity contribution in [2.75, 3.05) is 7.11 Å². The Bertz CT molecular complexity index is 273. The van der Waals surface area contributed by atoms with Crippen molar-refractivity contribution in [2.24, 2.45) is 0 Å². The molecule has 1 unspecified atom stereocenters. The van der Waals surface area contributed by atoms with Gasteiger partial charge < -0.3 is 4.74 Å². The second kappa shape index (κ2) is 5.63. The van der Waals surface area contributed by atoms with Gasteiger partial charge in [-0.15, -0.1) is 0 Å². The molecular weight excluding hydrogens is 174 g/mol. The maximum atomic E-state index is 5.12. The van der Waals surface area contributed by atoms with Crippen molar-refractivity contribution in [3.63, 3.8) is 0 Å². The van der Waals surface area contributed by atoms with E-state index in [-0.39, 0.29) is 0 Å². The summed E-state index contributed by atoms with van der Waals surface area (Å²) < 4.78 is 5.12. The Morgan fingerprint density at radius 2 is 2.14 bits per heavy atom. The SMILES string of the molecule is CCCC(CC)c1cccc(OC)n1. The van der Waals surface area contributed by atoms with Gasteiger partial charge in [0, 0.05) is 17.7 Å². The fraction of sp³-hybridized carbons (Fsp3) is 0.583. The summed E-state index contributed by atoms with van der Waals surface area (Å²) in [5, 5.41) is 0. The summed E-state index contributed by atoms with van der Waals surface area (Å²) >= 11 is 0. The number of rotatable bonds is 5. The van der Waals surface area contributed by atoms with Crippen LogP contribution in [0, 0.1) is 0 Å². The van der Waals surface area contributed by atoms with Crippen molar-refractivity contribution >= 4 is 0 Å². The summed E-state index contributed by atoms with van der Waals surface area (Å²) in [4.78, 5) is 4.46. The van der Waals surface area contributed by atoms with Crippen LogP contribution in [0.5, 0.6) is 5.88 Å². The molecule has 78 valence electrons. The maximum absolute atomic E-state index is 5.12. The topological polar surface area (TPSA) is 22.1 Å². The highest BCUT2D eigenvalue weighted by molar-refractivity contribution is 5.18. The second-order valence-electron chi connectivity index (χ2n) is 3.50. The number of ether oxygens (including phenoxy) is 1. The number of aromatic nitrogens is 1. The molecule has 1 heterocycles. The van der Waals surface area contributed by atoms with Crippen LogP contribution in [0.2, 0.25) is 0 Å². The molecule has 0 aliphatic rings. The van der Waals surface area contributed by atoms with Crippen molar-refractivity contribution in [3.05, 3.63) is 23.9 Å². The molecule has 0 bridgehead atoms. The molecule has 0 fully saturated rings. The first-order valence-corrected chi connectivity index (χ1v) is 5.32. The molecule has 0 saturated heterocycles. The molecule has 0 saturated carbocycles. The fourth-order valence-electron chi connectivity index (χ4n) is 1.68. The Hall–Kier alpha value is -1.05. The number of hydrogen-bond acceptors (Lipinski definition) is 2. The van der Waals surface area contributed by atoms with Crippen molar-refractivity contribution in [2.45, 2.75) is 39.0 Å². The Balaban J connectivity index is 2.80. The molecule has 1 aromatic heterocycles. The molecule has 0 spiro atoms. The number of pyridine rings is 1. The first kappa shape index (κ1) is 11.0. The lowest BCUT2D eigenvalue weighted by atomic mass is 9.96. The van der Waals surface area contributed by atoms with Crippen LogP contribution < -0.4 is 4.74 Å². The summed E-state index contributed by atoms with van der Waals surface area (Å²) in [5.74, 6) is 1.30. The summed E-state index contributed by atoms with van der Waals surface area (Å²) in [6, 6.07) is 5.99. The van der Waals surface area contributed by atoms with E-state index in [1.54, 1.807) is 7.11 Å². The van der Waals surface area contributed by atoms with E-state index in [0.717, 1.165) is 18.0 Å². The maximum Gasteiger partial charge on any atom is 0.213 e. The zero-order chi connectivity index (χ0) is 10.4. The number of hydrogen-bond donors (Lipinski definition) is 0. The molecule has 0 aromatic carbocycles. The average molecular weight is 193 g/mol. The highest BCUT2D eigenvalue weighted by atomic mass is 16.5. The Morgan fingerprint density at radius 1 is 1.36 bits per heavy atom. The van der Waals surface area contributed by atoms with Gasteiger partial charge in [0.2, 0.25) is 5.88 Å². The normalized spacial score (nSPS) is 12.5. The first-order chi connectivity index (χ1) is 6.81. The third-order valence-electron chi connectivity index (χ3n) is 2.50. The number of methoxy groups -OCH3 is 1. The van der Waals surface area contributed by atoms with Crippen LogP contribution in [-0.2, 0) is 0 Å². The molecule has 2 heteroatoms. The van der Waals surface area contributed by atoms with E-state index < -0.39 is 0 Å². The van der Waals surface area contributed by atoms with Crippen LogP contribution in [0.3, 0.4) is 0 Å². The minimum absolute atomic E-state index is 0.579. The average Bonchev–Trinajstić information content (AvgIpc) is 2.26. The lowest BCUT2D eigenvalue weighted by molar-refractivity contribution is 0.394. The van der Waals surface area contributed by atoms with Gasteiger partial charge in [0.15, 0.2) is 0 Å². The van der Waals surface area contributed by atoms with E-state index in [0.29, 0.717) is 5.92 Å². The Labute approximate surface area is 86.3 Å². The van der Waals surface area contributed by atoms with Crippen molar-refractivity contribution < 1.29 is 4.74 Å². The molecule has 1 atom stereocenters. The molecule has 1 aromatic rings. The summed E-state index contributed by atoms with van der Waals surface area (Å²) in [6.07, 6.45) is 3.56. The highest BCUT2D eigenvalue weighted by Gasteiger charge is 2.09. The zero-order valence-electron chi connectivity index (χ0n) is 9.29. The van der Waals surface area contributed by atoms with Gasteiger partial charge >= 0.3 is 0 Å². The molecule has 0 N–H and O–H groups in total. The third-order valence-corrected chi connectivity index (χ3v) is 2.50. The quantitative estimate of drug-likeness (QED) is 0.715. The zero-order valence-corrected chi connectivity index (χ0v) is 9.29. The van der Waals surface area contributed by atoms with Crippen LogP contribution >= 0.6 is 0 Å². The third kappa shape index (κ3) is 2.72. The first-order valence-electron chi connectivity index (χ1n) is 5.32. The predicted molar refractivity (Wildman–Crippen MR) is 58.7 cm³/mol. The largest absolute Gasteiger partial charge is 0.481 e. The Kier molecular flexibility index (Phi) is 4.44. The molecule has 0 aliphatic heterocycles. The molecular formula is C12H19NO. The molecule has 14 heavy (non-hydrogen) atoms. The predicted octanol–water partition coefficient (Wildman–Crippen LogP) is 3.38. The fourth-order valence-corrected chi connectivity index (χ4v) is 1.68. The molecule has 0 radical (unpaired) electrons. The van der Waals surface area contributed by atoms with E-state index in [4.69, 9.17) is 4.74 Å². The van der Waals surface area contributed by atoms with Gasteiger partial charge in [0.1, 0.15) is 0 Å². The van der Waals surface area contributed by atoms with Gasteiger partial charge in [-0.3, -0.25) is 0 Å². The van der Waals surface area contributed by atoms with E-state index >= 15 is 0 Å². The molecule has 1 rings (SSSR count). The van der Waals surface area contributed by atoms with E-state index in [9.17, 15) is 0 Å². The highest BCUT2D eigenvalue weighted by Crippen LogP contribution is 2.24. The van der Waals surface area contributed by atoms with E-state index in [1.807, 2.05) is 12.1 Å². The van der Waals surface area contributed by atoms with Crippen molar-refractivity contribution in [1.82, 2.24) is 4.98 Å². The summed E-state index contributed by atoms with van der Waals surface area (Å²) in [7, 11) is 1.66. The van der Waals surface area contributed by atoms with E-state index in [2.05, 4.69) is 24.9 Å². The summed E-state index contributed by atoms with van der Waals surface area (Å²) in [5.41, 5.74) is 1.16. The van der Waals surface area contributed by atoms with Gasteiger partial charge in [-0.05, 0) is 18.9 Å². The van der Waals surface area contributed by atoms with E-state index in [1.165, 1.54) is 12.8 Å². The molecule has 0 amide bonds. The molecule has 2 nitrogen and oxygen atoms in total. The standard InChI is InChI=1S/C12H19NO/c1-4-7-10(5-2)11-8-6-9-12(13-11)14-3/h6,8-10H,4-5,7H2,1-3H3.